The van der Waals surface area contributed by atoms with E-state index in [2.05, 4.69) is 0 Å². The van der Waals surface area contributed by atoms with Gasteiger partial charge < -0.3 is 9.47 Å². The van der Waals surface area contributed by atoms with Gasteiger partial charge in [-0.3, -0.25) is 24.1 Å². The first kappa shape index (κ1) is 20.3. The molecule has 1 aliphatic rings. The Kier molecular flexibility index (Phi) is 6.07. The average molecular weight is 395 g/mol. The summed E-state index contributed by atoms with van der Waals surface area (Å²) in [6.07, 6.45) is -1.05. The van der Waals surface area contributed by atoms with Crippen molar-refractivity contribution in [3.8, 4) is 5.75 Å². The third kappa shape index (κ3) is 4.51. The fraction of sp³-hybridized carbons (Fsp3) is 0.273. The number of ketones is 1. The molecule has 29 heavy (non-hydrogen) atoms. The Balaban J connectivity index is 1.56. The van der Waals surface area contributed by atoms with Crippen LogP contribution in [0.4, 0.5) is 0 Å². The quantitative estimate of drug-likeness (QED) is 0.406. The molecule has 150 valence electrons. The second-order valence-corrected chi connectivity index (χ2v) is 6.66. The molecule has 1 aliphatic heterocycles. The highest BCUT2D eigenvalue weighted by Gasteiger charge is 2.31. The Bertz CT molecular complexity index is 950. The number of fused-ring (bicyclic) bond motifs is 1. The minimum atomic E-state index is -0.982. The van der Waals surface area contributed by atoms with Crippen LogP contribution >= 0.6 is 0 Å². The van der Waals surface area contributed by atoms with Crippen LogP contribution in [0.3, 0.4) is 0 Å². The number of hydrogen-bond acceptors (Lipinski definition) is 6. The molecule has 0 bridgehead atoms. The van der Waals surface area contributed by atoms with Crippen LogP contribution < -0.4 is 4.74 Å². The first-order valence-electron chi connectivity index (χ1n) is 9.21. The fourth-order valence-electron chi connectivity index (χ4n) is 3.13. The molecule has 3 rings (SSSR count). The van der Waals surface area contributed by atoms with Crippen LogP contribution in [-0.4, -0.2) is 48.2 Å². The van der Waals surface area contributed by atoms with Gasteiger partial charge in [0.25, 0.3) is 5.91 Å². The van der Waals surface area contributed by atoms with Crippen LogP contribution in [0.5, 0.6) is 5.75 Å². The highest BCUT2D eigenvalue weighted by atomic mass is 16.5. The highest BCUT2D eigenvalue weighted by molar-refractivity contribution is 6.09. The molecule has 0 aromatic heterocycles. The van der Waals surface area contributed by atoms with Crippen molar-refractivity contribution >= 4 is 23.6 Å². The molecule has 2 aromatic carbocycles. The van der Waals surface area contributed by atoms with Gasteiger partial charge >= 0.3 is 5.97 Å². The monoisotopic (exact) mass is 395 g/mol. The van der Waals surface area contributed by atoms with Crippen molar-refractivity contribution in [3.05, 3.63) is 65.2 Å². The first-order chi connectivity index (χ1) is 13.9. The van der Waals surface area contributed by atoms with Crippen molar-refractivity contribution in [2.45, 2.75) is 25.9 Å². The Morgan fingerprint density at radius 2 is 1.76 bits per heavy atom. The van der Waals surface area contributed by atoms with Gasteiger partial charge in [0.1, 0.15) is 5.75 Å². The zero-order chi connectivity index (χ0) is 21.0. The number of nitrogens with zero attached hydrogens (tertiary/aromatic N) is 1. The van der Waals surface area contributed by atoms with E-state index < -0.39 is 18.0 Å². The summed E-state index contributed by atoms with van der Waals surface area (Å²) in [6.45, 7) is 1.40. The van der Waals surface area contributed by atoms with Gasteiger partial charge in [-0.1, -0.05) is 18.2 Å². The molecule has 7 heteroatoms. The number of Topliss-reactive ketones (excluding diaryl/α,β-unsaturated/α-hetero) is 1. The van der Waals surface area contributed by atoms with Crippen LogP contribution in [-0.2, 0) is 20.7 Å². The maximum atomic E-state index is 12.5. The second-order valence-electron chi connectivity index (χ2n) is 6.66. The first-order valence-corrected chi connectivity index (χ1v) is 9.21. The van der Waals surface area contributed by atoms with E-state index in [4.69, 9.17) is 9.47 Å². The molecule has 0 aliphatic carbocycles. The van der Waals surface area contributed by atoms with Gasteiger partial charge in [-0.05, 0) is 42.8 Å². The number of ether oxygens (including phenoxy) is 2. The van der Waals surface area contributed by atoms with Gasteiger partial charge in [0.15, 0.2) is 6.10 Å². The van der Waals surface area contributed by atoms with Crippen molar-refractivity contribution in [3.63, 3.8) is 0 Å². The number of amides is 2. The van der Waals surface area contributed by atoms with Crippen LogP contribution in [0, 0.1) is 0 Å². The number of rotatable bonds is 7. The maximum absolute atomic E-state index is 12.5. The van der Waals surface area contributed by atoms with Crippen LogP contribution in [0.25, 0.3) is 0 Å². The molecule has 0 unspecified atom stereocenters. The van der Waals surface area contributed by atoms with Crippen molar-refractivity contribution in [1.29, 1.82) is 0 Å². The summed E-state index contributed by atoms with van der Waals surface area (Å²) in [5.74, 6) is -1.17. The third-order valence-corrected chi connectivity index (χ3v) is 4.73. The summed E-state index contributed by atoms with van der Waals surface area (Å²) < 4.78 is 10.2. The largest absolute Gasteiger partial charge is 0.497 e. The second kappa shape index (κ2) is 8.68. The lowest BCUT2D eigenvalue weighted by Gasteiger charge is -2.26. The molecule has 0 fully saturated rings. The lowest BCUT2D eigenvalue weighted by Crippen LogP contribution is -2.43. The number of benzene rings is 2. The van der Waals surface area contributed by atoms with E-state index in [-0.39, 0.29) is 31.1 Å². The molecule has 2 amide bonds. The topological polar surface area (TPSA) is 90.0 Å². The van der Waals surface area contributed by atoms with E-state index in [1.807, 2.05) is 0 Å². The number of imide groups is 1. The molecule has 1 atom stereocenters. The fourth-order valence-corrected chi connectivity index (χ4v) is 3.13. The van der Waals surface area contributed by atoms with Crippen LogP contribution in [0.1, 0.15) is 39.6 Å². The smallest absolute Gasteiger partial charge is 0.308 e. The van der Waals surface area contributed by atoms with Gasteiger partial charge in [0, 0.05) is 17.7 Å². The Hall–Kier alpha value is -3.48. The molecular formula is C22H21NO6. The molecule has 0 saturated heterocycles. The van der Waals surface area contributed by atoms with E-state index in [9.17, 15) is 19.2 Å². The summed E-state index contributed by atoms with van der Waals surface area (Å²) >= 11 is 0. The molecule has 2 aromatic rings. The lowest BCUT2D eigenvalue weighted by atomic mass is 9.98. The number of methoxy groups -OCH3 is 1. The molecule has 0 spiro atoms. The zero-order valence-electron chi connectivity index (χ0n) is 16.2. The molecule has 0 N–H and O–H groups in total. The maximum Gasteiger partial charge on any atom is 0.308 e. The lowest BCUT2D eigenvalue weighted by molar-refractivity contribution is -0.146. The number of carbonyl (C=O) groups is 4. The van der Waals surface area contributed by atoms with E-state index in [1.54, 1.807) is 48.5 Å². The molecule has 1 heterocycles. The average Bonchev–Trinajstić information content (AvgIpc) is 2.73. The van der Waals surface area contributed by atoms with E-state index >= 15 is 0 Å². The van der Waals surface area contributed by atoms with Crippen LogP contribution in [0.2, 0.25) is 0 Å². The Morgan fingerprint density at radius 3 is 2.45 bits per heavy atom. The normalized spacial score (nSPS) is 14.2. The predicted molar refractivity (Wildman–Crippen MR) is 104 cm³/mol. The minimum absolute atomic E-state index is 0.0890. The molecule has 7 nitrogen and oxygen atoms in total. The number of esters is 1. The summed E-state index contributed by atoms with van der Waals surface area (Å²) in [5, 5.41) is 0. The molecular weight excluding hydrogens is 374 g/mol. The van der Waals surface area contributed by atoms with Crippen molar-refractivity contribution in [2.75, 3.05) is 13.7 Å². The SMILES string of the molecule is COc1ccc(C(=O)[C@H](C)OC(=O)CCN2C(=O)Cc3ccccc3C2=O)cc1. The van der Waals surface area contributed by atoms with Gasteiger partial charge in [0.05, 0.1) is 20.0 Å². The van der Waals surface area contributed by atoms with Gasteiger partial charge in [-0.2, -0.15) is 0 Å². The number of carbonyl (C=O) groups excluding carboxylic acids is 4. The predicted octanol–water partition coefficient (Wildman–Crippen LogP) is 2.42. The van der Waals surface area contributed by atoms with Gasteiger partial charge in [-0.25, -0.2) is 0 Å². The van der Waals surface area contributed by atoms with Crippen molar-refractivity contribution < 1.29 is 28.7 Å². The molecule has 0 radical (unpaired) electrons. The Morgan fingerprint density at radius 1 is 1.07 bits per heavy atom. The van der Waals surface area contributed by atoms with E-state index in [0.29, 0.717) is 22.4 Å². The van der Waals surface area contributed by atoms with E-state index in [1.165, 1.54) is 14.0 Å². The summed E-state index contributed by atoms with van der Waals surface area (Å²) in [4.78, 5) is 50.3. The number of hydrogen-bond donors (Lipinski definition) is 0. The van der Waals surface area contributed by atoms with Gasteiger partial charge in [0.2, 0.25) is 11.7 Å². The summed E-state index contributed by atoms with van der Waals surface area (Å²) in [6, 6.07) is 13.4. The molecule has 0 saturated carbocycles. The summed E-state index contributed by atoms with van der Waals surface area (Å²) in [5.41, 5.74) is 1.53. The van der Waals surface area contributed by atoms with E-state index in [0.717, 1.165) is 4.90 Å². The van der Waals surface area contributed by atoms with Gasteiger partial charge in [-0.15, -0.1) is 0 Å². The summed E-state index contributed by atoms with van der Waals surface area (Å²) in [7, 11) is 1.53. The zero-order valence-corrected chi connectivity index (χ0v) is 16.2. The van der Waals surface area contributed by atoms with Crippen molar-refractivity contribution in [1.82, 2.24) is 4.90 Å². The Labute approximate surface area is 168 Å². The third-order valence-electron chi connectivity index (χ3n) is 4.73. The highest BCUT2D eigenvalue weighted by Crippen LogP contribution is 2.20. The minimum Gasteiger partial charge on any atom is -0.497 e. The standard InChI is InChI=1S/C22H21NO6/c1-14(21(26)15-7-9-17(28-2)10-8-15)29-20(25)11-12-23-19(24)13-16-5-3-4-6-18(16)22(23)27/h3-10,14H,11-13H2,1-2H3/t14-/m0/s1. The van der Waals surface area contributed by atoms with Crippen molar-refractivity contribution in [2.24, 2.45) is 0 Å². The van der Waals surface area contributed by atoms with Crippen LogP contribution in [0.15, 0.2) is 48.5 Å².